The summed E-state index contributed by atoms with van der Waals surface area (Å²) in [7, 11) is 0. The minimum Gasteiger partial charge on any atom is -0.269 e. The molecule has 3 aromatic rings. The maximum Gasteiger partial charge on any atom is 0.262 e. The number of fused-ring (bicyclic) bond motifs is 2. The van der Waals surface area contributed by atoms with E-state index < -0.39 is 23.7 Å². The van der Waals surface area contributed by atoms with Gasteiger partial charge in [0.05, 0.1) is 22.7 Å². The first-order chi connectivity index (χ1) is 13.0. The van der Waals surface area contributed by atoms with Crippen molar-refractivity contribution < 1.29 is 14.0 Å². The lowest BCUT2D eigenvalue weighted by atomic mass is 9.98. The number of pyridine rings is 1. The van der Waals surface area contributed by atoms with E-state index in [1.54, 1.807) is 49.4 Å². The van der Waals surface area contributed by atoms with Gasteiger partial charge >= 0.3 is 0 Å². The van der Waals surface area contributed by atoms with E-state index in [1.807, 2.05) is 13.0 Å². The fraction of sp³-hybridized carbons (Fsp3) is 0.227. The normalized spacial score (nSPS) is 14.7. The summed E-state index contributed by atoms with van der Waals surface area (Å²) >= 11 is 0. The molecular weight excluding hydrogens is 343 g/mol. The third kappa shape index (κ3) is 2.62. The number of para-hydroxylation sites is 1. The molecule has 0 saturated heterocycles. The Morgan fingerprint density at radius 1 is 1.00 bits per heavy atom. The Bertz CT molecular complexity index is 1040. The predicted octanol–water partition coefficient (Wildman–Crippen LogP) is 4.68. The summed E-state index contributed by atoms with van der Waals surface area (Å²) in [6.45, 7) is 3.68. The molecule has 0 spiro atoms. The fourth-order valence-electron chi connectivity index (χ4n) is 3.77. The number of benzene rings is 2. The molecular formula is C22H19FN2O2. The number of rotatable bonds is 4. The summed E-state index contributed by atoms with van der Waals surface area (Å²) in [6, 6.07) is 13.0. The molecule has 0 aliphatic carbocycles. The largest absolute Gasteiger partial charge is 0.269 e. The van der Waals surface area contributed by atoms with E-state index in [4.69, 9.17) is 0 Å². The lowest BCUT2D eigenvalue weighted by Crippen LogP contribution is -2.33. The molecule has 27 heavy (non-hydrogen) atoms. The monoisotopic (exact) mass is 362 g/mol. The number of aryl methyl sites for hydroxylation is 1. The van der Waals surface area contributed by atoms with Crippen molar-refractivity contribution in [2.24, 2.45) is 0 Å². The van der Waals surface area contributed by atoms with Crippen LogP contribution in [0, 0.1) is 5.82 Å². The Kier molecular flexibility index (Phi) is 4.22. The number of amides is 2. The number of hydrogen-bond donors (Lipinski definition) is 0. The van der Waals surface area contributed by atoms with Gasteiger partial charge in [-0.25, -0.2) is 4.39 Å². The van der Waals surface area contributed by atoms with E-state index in [-0.39, 0.29) is 0 Å². The van der Waals surface area contributed by atoms with Crippen LogP contribution in [0.25, 0.3) is 10.9 Å². The van der Waals surface area contributed by atoms with Crippen molar-refractivity contribution in [1.29, 1.82) is 0 Å². The van der Waals surface area contributed by atoms with Crippen molar-refractivity contribution in [2.75, 3.05) is 0 Å². The van der Waals surface area contributed by atoms with Crippen LogP contribution < -0.4 is 0 Å². The van der Waals surface area contributed by atoms with Gasteiger partial charge in [0.2, 0.25) is 0 Å². The zero-order valence-electron chi connectivity index (χ0n) is 15.2. The summed E-state index contributed by atoms with van der Waals surface area (Å²) in [4.78, 5) is 31.4. The van der Waals surface area contributed by atoms with Gasteiger partial charge in [0.15, 0.2) is 0 Å². The average Bonchev–Trinajstić information content (AvgIpc) is 2.93. The molecule has 2 amide bonds. The molecule has 0 N–H and O–H groups in total. The first kappa shape index (κ1) is 17.3. The quantitative estimate of drug-likeness (QED) is 0.633. The van der Waals surface area contributed by atoms with Gasteiger partial charge in [0, 0.05) is 16.6 Å². The molecule has 2 aromatic carbocycles. The Morgan fingerprint density at radius 3 is 2.22 bits per heavy atom. The van der Waals surface area contributed by atoms with Crippen molar-refractivity contribution in [2.45, 2.75) is 32.7 Å². The van der Waals surface area contributed by atoms with Gasteiger partial charge in [-0.15, -0.1) is 0 Å². The molecule has 0 fully saturated rings. The van der Waals surface area contributed by atoms with Crippen LogP contribution in [-0.4, -0.2) is 21.7 Å². The van der Waals surface area contributed by atoms with Crippen LogP contribution in [0.2, 0.25) is 0 Å². The molecule has 1 aliphatic heterocycles. The number of aromatic nitrogens is 1. The molecule has 0 saturated carbocycles. The summed E-state index contributed by atoms with van der Waals surface area (Å²) in [5.41, 5.74) is 2.22. The third-order valence-corrected chi connectivity index (χ3v) is 5.06. The van der Waals surface area contributed by atoms with Gasteiger partial charge in [-0.3, -0.25) is 19.5 Å². The zero-order valence-corrected chi connectivity index (χ0v) is 15.2. The molecule has 2 heterocycles. The first-order valence-electron chi connectivity index (χ1n) is 9.08. The molecule has 136 valence electrons. The highest BCUT2D eigenvalue weighted by atomic mass is 19.1. The smallest absolute Gasteiger partial charge is 0.262 e. The van der Waals surface area contributed by atoms with E-state index in [0.29, 0.717) is 39.7 Å². The highest BCUT2D eigenvalue weighted by molar-refractivity contribution is 6.21. The number of carbonyl (C=O) groups excluding carboxylic acids is 2. The highest BCUT2D eigenvalue weighted by Crippen LogP contribution is 2.35. The minimum atomic E-state index is -0.740. The second-order valence-corrected chi connectivity index (χ2v) is 6.76. The van der Waals surface area contributed by atoms with E-state index in [0.717, 1.165) is 11.3 Å². The minimum absolute atomic E-state index is 0.324. The maximum absolute atomic E-state index is 15.5. The third-order valence-electron chi connectivity index (χ3n) is 5.06. The van der Waals surface area contributed by atoms with Crippen LogP contribution >= 0.6 is 0 Å². The summed E-state index contributed by atoms with van der Waals surface area (Å²) in [5, 5.41) is 0.399. The Morgan fingerprint density at radius 2 is 1.59 bits per heavy atom. The first-order valence-corrected chi connectivity index (χ1v) is 9.08. The van der Waals surface area contributed by atoms with Gasteiger partial charge in [-0.1, -0.05) is 37.6 Å². The van der Waals surface area contributed by atoms with E-state index in [9.17, 15) is 9.59 Å². The number of imide groups is 1. The Labute approximate surface area is 156 Å². The Balaban J connectivity index is 1.87. The SMILES string of the molecule is CCCc1nc2ccccc2c(F)c1[C@H](C)N1C(=O)c2ccccc2C1=O. The maximum atomic E-state index is 15.5. The highest BCUT2D eigenvalue weighted by Gasteiger charge is 2.40. The molecule has 0 bridgehead atoms. The number of halogens is 1. The summed E-state index contributed by atoms with van der Waals surface area (Å²) < 4.78 is 15.5. The molecule has 0 unspecified atom stereocenters. The van der Waals surface area contributed by atoms with Crippen molar-refractivity contribution in [3.8, 4) is 0 Å². The van der Waals surface area contributed by atoms with Crippen molar-refractivity contribution in [3.05, 3.63) is 76.7 Å². The summed E-state index contributed by atoms with van der Waals surface area (Å²) in [6.07, 6.45) is 1.36. The van der Waals surface area contributed by atoms with Crippen LogP contribution in [0.1, 0.15) is 58.3 Å². The fourth-order valence-corrected chi connectivity index (χ4v) is 3.77. The summed E-state index contributed by atoms with van der Waals surface area (Å²) in [5.74, 6) is -1.19. The number of carbonyl (C=O) groups is 2. The lowest BCUT2D eigenvalue weighted by Gasteiger charge is -2.25. The van der Waals surface area contributed by atoms with Crippen LogP contribution in [0.4, 0.5) is 4.39 Å². The average molecular weight is 362 g/mol. The lowest BCUT2D eigenvalue weighted by molar-refractivity contribution is 0.0592. The van der Waals surface area contributed by atoms with Gasteiger partial charge < -0.3 is 0 Å². The topological polar surface area (TPSA) is 50.3 Å². The van der Waals surface area contributed by atoms with Gasteiger partial charge in [-0.05, 0) is 37.6 Å². The standard InChI is InChI=1S/C22H19FN2O2/c1-3-8-18-19(20(23)16-11-6-7-12-17(16)24-18)13(2)25-21(26)14-9-4-5-10-15(14)22(25)27/h4-7,9-13H,3,8H2,1-2H3/t13-/m0/s1. The number of hydrogen-bond acceptors (Lipinski definition) is 3. The second-order valence-electron chi connectivity index (χ2n) is 6.76. The predicted molar refractivity (Wildman–Crippen MR) is 101 cm³/mol. The molecule has 1 aromatic heterocycles. The molecule has 4 rings (SSSR count). The molecule has 5 heteroatoms. The van der Waals surface area contributed by atoms with Gasteiger partial charge in [-0.2, -0.15) is 0 Å². The van der Waals surface area contributed by atoms with Gasteiger partial charge in [0.1, 0.15) is 5.82 Å². The van der Waals surface area contributed by atoms with E-state index in [2.05, 4.69) is 4.98 Å². The van der Waals surface area contributed by atoms with Crippen LogP contribution in [-0.2, 0) is 6.42 Å². The molecule has 1 aliphatic rings. The van der Waals surface area contributed by atoms with Crippen molar-refractivity contribution in [3.63, 3.8) is 0 Å². The van der Waals surface area contributed by atoms with Gasteiger partial charge in [0.25, 0.3) is 11.8 Å². The van der Waals surface area contributed by atoms with Crippen molar-refractivity contribution in [1.82, 2.24) is 9.88 Å². The Hall–Kier alpha value is -3.08. The van der Waals surface area contributed by atoms with E-state index >= 15 is 4.39 Å². The van der Waals surface area contributed by atoms with Crippen LogP contribution in [0.5, 0.6) is 0 Å². The van der Waals surface area contributed by atoms with Crippen LogP contribution in [0.3, 0.4) is 0 Å². The van der Waals surface area contributed by atoms with Crippen LogP contribution in [0.15, 0.2) is 48.5 Å². The molecule has 1 atom stereocenters. The zero-order chi connectivity index (χ0) is 19.1. The number of nitrogens with zero attached hydrogens (tertiary/aromatic N) is 2. The molecule has 4 nitrogen and oxygen atoms in total. The van der Waals surface area contributed by atoms with E-state index in [1.165, 1.54) is 0 Å². The second kappa shape index (κ2) is 6.58. The molecule has 0 radical (unpaired) electrons. The van der Waals surface area contributed by atoms with Crippen molar-refractivity contribution >= 4 is 22.7 Å².